The average Bonchev–Trinajstić information content (AvgIpc) is 2.87. The second-order valence-corrected chi connectivity index (χ2v) is 9.65. The number of carbonyl (C=O) groups is 1. The van der Waals surface area contributed by atoms with E-state index in [9.17, 15) is 28.0 Å². The van der Waals surface area contributed by atoms with Crippen LogP contribution in [0.1, 0.15) is 15.9 Å². The van der Waals surface area contributed by atoms with Crippen molar-refractivity contribution in [2.75, 3.05) is 12.8 Å². The Morgan fingerprint density at radius 1 is 0.872 bits per heavy atom. The molecule has 4 aromatic carbocycles. The highest BCUT2D eigenvalue weighted by Gasteiger charge is 2.17. The van der Waals surface area contributed by atoms with Crippen molar-refractivity contribution >= 4 is 55.3 Å². The molecule has 6 N–H and O–H groups in total. The van der Waals surface area contributed by atoms with Gasteiger partial charge < -0.3 is 25.8 Å². The summed E-state index contributed by atoms with van der Waals surface area (Å²) in [5.41, 5.74) is 7.37. The van der Waals surface area contributed by atoms with Gasteiger partial charge in [-0.2, -0.15) is 18.6 Å². The number of phenolic OH excluding ortho intramolecular Hbond substituents is 1. The van der Waals surface area contributed by atoms with Crippen molar-refractivity contribution < 1.29 is 37.8 Å². The Labute approximate surface area is 221 Å². The summed E-state index contributed by atoms with van der Waals surface area (Å²) < 4.78 is 38.1. The number of methoxy groups -OCH3 is 1. The first-order chi connectivity index (χ1) is 18.4. The Morgan fingerprint density at radius 3 is 2.26 bits per heavy atom. The first kappa shape index (κ1) is 27.0. The number of ether oxygens (including phenoxy) is 1. The fourth-order valence-electron chi connectivity index (χ4n) is 3.64. The summed E-state index contributed by atoms with van der Waals surface area (Å²) in [6.07, 6.45) is 0. The van der Waals surface area contributed by atoms with Crippen LogP contribution in [-0.2, 0) is 10.1 Å². The Hall–Kier alpha value is -5.08. The minimum Gasteiger partial charge on any atom is -0.507 e. The standard InChI is InChI=1S/C25H21N5O8S/c1-12-7-20(23(38-2)11-19(12)28-27-13-3-6-21(31)17(8-13)25(33)34)29-30-24-16-9-14(39(35,36)37)10-22(32)15(16)4-5-18(24)26/h3-11,31-32H,26H2,1-2H3,(H,33,34)(H,35,36,37). The first-order valence-electron chi connectivity index (χ1n) is 11.0. The third-order valence-electron chi connectivity index (χ3n) is 5.63. The van der Waals surface area contributed by atoms with Crippen molar-refractivity contribution in [2.24, 2.45) is 20.5 Å². The lowest BCUT2D eigenvalue weighted by molar-refractivity contribution is 0.0693. The number of hydrogen-bond donors (Lipinski definition) is 5. The van der Waals surface area contributed by atoms with Gasteiger partial charge in [0.25, 0.3) is 10.1 Å². The lowest BCUT2D eigenvalue weighted by Crippen LogP contribution is -1.98. The Balaban J connectivity index is 1.74. The van der Waals surface area contributed by atoms with Gasteiger partial charge in [-0.05, 0) is 55.0 Å². The molecule has 0 aromatic heterocycles. The van der Waals surface area contributed by atoms with Crippen molar-refractivity contribution in [3.05, 3.63) is 65.7 Å². The molecule has 0 fully saturated rings. The highest BCUT2D eigenvalue weighted by molar-refractivity contribution is 7.85. The molecule has 4 aromatic rings. The highest BCUT2D eigenvalue weighted by atomic mass is 32.2. The molecule has 4 rings (SSSR count). The van der Waals surface area contributed by atoms with E-state index in [1.165, 1.54) is 43.5 Å². The molecule has 0 saturated carbocycles. The fourth-order valence-corrected chi connectivity index (χ4v) is 4.16. The smallest absolute Gasteiger partial charge is 0.339 e. The molecule has 0 unspecified atom stereocenters. The number of phenols is 2. The van der Waals surface area contributed by atoms with Gasteiger partial charge in [-0.3, -0.25) is 4.55 Å². The molecule has 0 radical (unpaired) electrons. The monoisotopic (exact) mass is 551 g/mol. The topological polar surface area (TPSA) is 217 Å². The molecule has 0 atom stereocenters. The molecule has 0 amide bonds. The molecular formula is C25H21N5O8S. The summed E-state index contributed by atoms with van der Waals surface area (Å²) >= 11 is 0. The van der Waals surface area contributed by atoms with Crippen molar-refractivity contribution in [3.63, 3.8) is 0 Å². The van der Waals surface area contributed by atoms with Gasteiger partial charge in [0, 0.05) is 22.9 Å². The van der Waals surface area contributed by atoms with E-state index in [1.807, 2.05) is 0 Å². The van der Waals surface area contributed by atoms with Gasteiger partial charge in [-0.1, -0.05) is 0 Å². The van der Waals surface area contributed by atoms with Crippen LogP contribution >= 0.6 is 0 Å². The number of fused-ring (bicyclic) bond motifs is 1. The zero-order valence-electron chi connectivity index (χ0n) is 20.4. The predicted molar refractivity (Wildman–Crippen MR) is 141 cm³/mol. The number of anilines is 1. The molecule has 0 aliphatic carbocycles. The maximum atomic E-state index is 11.7. The van der Waals surface area contributed by atoms with E-state index in [-0.39, 0.29) is 44.8 Å². The zero-order valence-corrected chi connectivity index (χ0v) is 21.2. The number of azo groups is 2. The van der Waals surface area contributed by atoms with Gasteiger partial charge in [0.2, 0.25) is 0 Å². The van der Waals surface area contributed by atoms with Crippen molar-refractivity contribution in [3.8, 4) is 17.2 Å². The highest BCUT2D eigenvalue weighted by Crippen LogP contribution is 2.41. The van der Waals surface area contributed by atoms with E-state index in [0.717, 1.165) is 12.1 Å². The van der Waals surface area contributed by atoms with E-state index in [2.05, 4.69) is 20.5 Å². The predicted octanol–water partition coefficient (Wildman–Crippen LogP) is 5.93. The number of carboxylic acid groups (broad SMARTS) is 1. The van der Waals surface area contributed by atoms with E-state index in [4.69, 9.17) is 15.6 Å². The van der Waals surface area contributed by atoms with Gasteiger partial charge >= 0.3 is 5.97 Å². The number of hydrogen-bond acceptors (Lipinski definition) is 11. The third-order valence-corrected chi connectivity index (χ3v) is 6.46. The molecule has 0 aliphatic heterocycles. The Kier molecular flexibility index (Phi) is 7.16. The number of rotatable bonds is 7. The summed E-state index contributed by atoms with van der Waals surface area (Å²) in [7, 11) is -3.23. The molecular weight excluding hydrogens is 530 g/mol. The molecule has 13 nitrogen and oxygen atoms in total. The first-order valence-corrected chi connectivity index (χ1v) is 12.4. The largest absolute Gasteiger partial charge is 0.507 e. The third kappa shape index (κ3) is 5.61. The summed E-state index contributed by atoms with van der Waals surface area (Å²) in [6.45, 7) is 1.72. The number of carboxylic acids is 1. The second kappa shape index (κ2) is 10.4. The number of aryl methyl sites for hydroxylation is 1. The lowest BCUT2D eigenvalue weighted by Gasteiger charge is -2.10. The maximum Gasteiger partial charge on any atom is 0.339 e. The number of nitrogen functional groups attached to an aromatic ring is 1. The van der Waals surface area contributed by atoms with Crippen LogP contribution in [0.4, 0.5) is 28.4 Å². The summed E-state index contributed by atoms with van der Waals surface area (Å²) in [6, 6.07) is 11.9. The van der Waals surface area contributed by atoms with E-state index >= 15 is 0 Å². The van der Waals surface area contributed by atoms with Crippen LogP contribution in [0.25, 0.3) is 10.8 Å². The Bertz CT molecular complexity index is 1800. The quantitative estimate of drug-likeness (QED) is 0.104. The van der Waals surface area contributed by atoms with E-state index in [0.29, 0.717) is 11.3 Å². The molecule has 14 heteroatoms. The number of aromatic hydroxyl groups is 2. The van der Waals surface area contributed by atoms with Crippen LogP contribution in [-0.4, -0.2) is 41.4 Å². The van der Waals surface area contributed by atoms with Crippen molar-refractivity contribution in [1.29, 1.82) is 0 Å². The summed E-state index contributed by atoms with van der Waals surface area (Å²) in [4.78, 5) is 10.7. The van der Waals surface area contributed by atoms with E-state index < -0.39 is 32.5 Å². The normalized spacial score (nSPS) is 12.0. The fraction of sp³-hybridized carbons (Fsp3) is 0.0800. The number of nitrogens with zero attached hydrogens (tertiary/aromatic N) is 4. The molecule has 0 spiro atoms. The molecule has 39 heavy (non-hydrogen) atoms. The van der Waals surface area contributed by atoms with Gasteiger partial charge in [0.15, 0.2) is 0 Å². The lowest BCUT2D eigenvalue weighted by atomic mass is 10.1. The summed E-state index contributed by atoms with van der Waals surface area (Å²) in [5, 5.41) is 46.0. The zero-order chi connectivity index (χ0) is 28.5. The molecule has 200 valence electrons. The van der Waals surface area contributed by atoms with Crippen molar-refractivity contribution in [1.82, 2.24) is 0 Å². The van der Waals surface area contributed by atoms with Crippen LogP contribution in [0.3, 0.4) is 0 Å². The van der Waals surface area contributed by atoms with Crippen LogP contribution in [0.5, 0.6) is 17.2 Å². The molecule has 0 aliphatic rings. The van der Waals surface area contributed by atoms with Gasteiger partial charge in [0.1, 0.15) is 34.2 Å². The van der Waals surface area contributed by atoms with Crippen LogP contribution in [0.15, 0.2) is 79.9 Å². The SMILES string of the molecule is COc1cc(N=Nc2ccc(O)c(C(=O)O)c2)c(C)cc1N=Nc1c(N)ccc2c(O)cc(S(=O)(=O)O)cc12. The van der Waals surface area contributed by atoms with Crippen LogP contribution in [0.2, 0.25) is 0 Å². The van der Waals surface area contributed by atoms with E-state index in [1.54, 1.807) is 13.0 Å². The molecule has 0 saturated heterocycles. The van der Waals surface area contributed by atoms with Crippen molar-refractivity contribution in [2.45, 2.75) is 11.8 Å². The molecule has 0 bridgehead atoms. The average molecular weight is 552 g/mol. The van der Waals surface area contributed by atoms with Gasteiger partial charge in [-0.15, -0.1) is 10.2 Å². The van der Waals surface area contributed by atoms with Crippen LogP contribution in [0, 0.1) is 6.92 Å². The van der Waals surface area contributed by atoms with Gasteiger partial charge in [-0.25, -0.2) is 4.79 Å². The van der Waals surface area contributed by atoms with Gasteiger partial charge in [0.05, 0.1) is 29.1 Å². The maximum absolute atomic E-state index is 11.7. The molecule has 0 heterocycles. The number of nitrogens with two attached hydrogens (primary N) is 1. The minimum absolute atomic E-state index is 0.0540. The van der Waals surface area contributed by atoms with Crippen LogP contribution < -0.4 is 10.5 Å². The number of benzene rings is 4. The minimum atomic E-state index is -4.62. The summed E-state index contributed by atoms with van der Waals surface area (Å²) in [5.74, 6) is -1.86. The second-order valence-electron chi connectivity index (χ2n) is 8.23. The Morgan fingerprint density at radius 2 is 1.59 bits per heavy atom. The number of aromatic carboxylic acids is 1.